The number of benzene rings is 2. The molecule has 0 saturated carbocycles. The lowest BCUT2D eigenvalue weighted by Gasteiger charge is -2.31. The molecule has 1 heterocycles. The summed E-state index contributed by atoms with van der Waals surface area (Å²) in [6.07, 6.45) is 0. The molecule has 0 aliphatic carbocycles. The van der Waals surface area contributed by atoms with E-state index in [1.807, 2.05) is 29.2 Å². The monoisotopic (exact) mass is 444 g/mol. The molecule has 2 aromatic rings. The Morgan fingerprint density at radius 3 is 2.48 bits per heavy atom. The Hall–Kier alpha value is -2.08. The summed E-state index contributed by atoms with van der Waals surface area (Å²) >= 11 is 6.06. The zero-order valence-corrected chi connectivity index (χ0v) is 19.6. The quantitative estimate of drug-likeness (QED) is 0.573. The third-order valence-electron chi connectivity index (χ3n) is 6.02. The van der Waals surface area contributed by atoms with Crippen molar-refractivity contribution in [1.29, 1.82) is 0 Å². The molecule has 2 aromatic carbocycles. The lowest BCUT2D eigenvalue weighted by Crippen LogP contribution is -2.43. The van der Waals surface area contributed by atoms with E-state index in [4.69, 9.17) is 21.1 Å². The Morgan fingerprint density at radius 2 is 1.84 bits per heavy atom. The smallest absolute Gasteiger partial charge is 0.248 e. The van der Waals surface area contributed by atoms with Crippen molar-refractivity contribution in [3.05, 3.63) is 64.7 Å². The molecule has 1 aliphatic heterocycles. The van der Waals surface area contributed by atoms with Gasteiger partial charge in [-0.3, -0.25) is 9.69 Å². The van der Waals surface area contributed by atoms with E-state index in [9.17, 15) is 4.79 Å². The van der Waals surface area contributed by atoms with Crippen molar-refractivity contribution in [3.8, 4) is 5.75 Å². The minimum atomic E-state index is 0.0347. The van der Waals surface area contributed by atoms with Gasteiger partial charge in [-0.1, -0.05) is 41.9 Å². The van der Waals surface area contributed by atoms with Crippen LogP contribution in [0.1, 0.15) is 30.9 Å². The Labute approximate surface area is 190 Å². The van der Waals surface area contributed by atoms with Crippen molar-refractivity contribution in [3.63, 3.8) is 0 Å². The van der Waals surface area contributed by atoms with Crippen molar-refractivity contribution in [2.45, 2.75) is 32.4 Å². The summed E-state index contributed by atoms with van der Waals surface area (Å²) in [7, 11) is 3.29. The Bertz CT molecular complexity index is 856. The first-order valence-electron chi connectivity index (χ1n) is 10.8. The fourth-order valence-corrected chi connectivity index (χ4v) is 4.63. The highest BCUT2D eigenvalue weighted by Crippen LogP contribution is 2.38. The summed E-state index contributed by atoms with van der Waals surface area (Å²) < 4.78 is 10.8. The molecular formula is C25H33ClN2O3. The number of hydrogen-bond donors (Lipinski definition) is 0. The van der Waals surface area contributed by atoms with Crippen LogP contribution in [0.4, 0.5) is 0 Å². The standard InChI is InChI=1S/C25H33ClN2O3/c1-18(2)28(25(29)17-30-3)15-20-14-27(13-19-9-11-21(26)12-10-19)16-23(20)22-7-5-6-8-24(22)31-4/h5-12,18,20,23H,13-17H2,1-4H3. The number of rotatable bonds is 9. The van der Waals surface area contributed by atoms with E-state index in [2.05, 4.69) is 43.0 Å². The Kier molecular flexibility index (Phi) is 8.35. The molecule has 1 amide bonds. The average molecular weight is 445 g/mol. The van der Waals surface area contributed by atoms with E-state index >= 15 is 0 Å². The maximum absolute atomic E-state index is 12.7. The van der Waals surface area contributed by atoms with Gasteiger partial charge in [0, 0.05) is 50.3 Å². The highest BCUT2D eigenvalue weighted by molar-refractivity contribution is 6.30. The lowest BCUT2D eigenvalue weighted by atomic mass is 9.87. The van der Waals surface area contributed by atoms with E-state index < -0.39 is 0 Å². The number of nitrogens with zero attached hydrogens (tertiary/aromatic N) is 2. The summed E-state index contributed by atoms with van der Waals surface area (Å²) in [4.78, 5) is 17.1. The van der Waals surface area contributed by atoms with Crippen molar-refractivity contribution in [1.82, 2.24) is 9.80 Å². The van der Waals surface area contributed by atoms with Crippen LogP contribution < -0.4 is 4.74 Å². The number of amides is 1. The second kappa shape index (κ2) is 11.0. The molecule has 6 heteroatoms. The molecule has 2 atom stereocenters. The number of methoxy groups -OCH3 is 2. The highest BCUT2D eigenvalue weighted by Gasteiger charge is 2.37. The fourth-order valence-electron chi connectivity index (χ4n) is 4.51. The van der Waals surface area contributed by atoms with Crippen molar-refractivity contribution in [2.24, 2.45) is 5.92 Å². The number of ether oxygens (including phenoxy) is 2. The summed E-state index contributed by atoms with van der Waals surface area (Å²) in [5.41, 5.74) is 2.44. The van der Waals surface area contributed by atoms with E-state index in [0.717, 1.165) is 30.4 Å². The molecule has 0 spiro atoms. The van der Waals surface area contributed by atoms with Crippen LogP contribution in [0.15, 0.2) is 48.5 Å². The minimum absolute atomic E-state index is 0.0347. The molecule has 168 valence electrons. The van der Waals surface area contributed by atoms with Gasteiger partial charge in [0.15, 0.2) is 0 Å². The number of para-hydroxylation sites is 1. The summed E-state index contributed by atoms with van der Waals surface area (Å²) in [6.45, 7) is 7.61. The van der Waals surface area contributed by atoms with Gasteiger partial charge in [-0.15, -0.1) is 0 Å². The van der Waals surface area contributed by atoms with Crippen molar-refractivity contribution < 1.29 is 14.3 Å². The van der Waals surface area contributed by atoms with Crippen LogP contribution in [0.25, 0.3) is 0 Å². The summed E-state index contributed by atoms with van der Waals surface area (Å²) in [5.74, 6) is 1.52. The van der Waals surface area contributed by atoms with Crippen LogP contribution in [-0.4, -0.2) is 62.2 Å². The molecule has 0 bridgehead atoms. The predicted octanol–water partition coefficient (Wildman–Crippen LogP) is 4.45. The van der Waals surface area contributed by atoms with Crippen molar-refractivity contribution >= 4 is 17.5 Å². The predicted molar refractivity (Wildman–Crippen MR) is 125 cm³/mol. The second-order valence-electron chi connectivity index (χ2n) is 8.50. The van der Waals surface area contributed by atoms with Crippen LogP contribution in [0.2, 0.25) is 5.02 Å². The number of carbonyl (C=O) groups excluding carboxylic acids is 1. The molecule has 1 saturated heterocycles. The van der Waals surface area contributed by atoms with Gasteiger partial charge in [0.25, 0.3) is 0 Å². The molecule has 1 fully saturated rings. The zero-order valence-electron chi connectivity index (χ0n) is 18.9. The molecule has 3 rings (SSSR count). The first kappa shape index (κ1) is 23.6. The fraction of sp³-hybridized carbons (Fsp3) is 0.480. The van der Waals surface area contributed by atoms with Gasteiger partial charge < -0.3 is 14.4 Å². The molecule has 0 aromatic heterocycles. The topological polar surface area (TPSA) is 42.0 Å². The molecule has 1 aliphatic rings. The van der Waals surface area contributed by atoms with Crippen LogP contribution >= 0.6 is 11.6 Å². The number of hydrogen-bond acceptors (Lipinski definition) is 4. The lowest BCUT2D eigenvalue weighted by molar-refractivity contribution is -0.137. The average Bonchev–Trinajstić information content (AvgIpc) is 3.15. The molecule has 2 unspecified atom stereocenters. The Balaban J connectivity index is 1.85. The molecular weight excluding hydrogens is 412 g/mol. The SMILES string of the molecule is COCC(=O)N(CC1CN(Cc2ccc(Cl)cc2)CC1c1ccccc1OC)C(C)C. The summed E-state index contributed by atoms with van der Waals surface area (Å²) in [6, 6.07) is 16.4. The number of likely N-dealkylation sites (tertiary alicyclic amines) is 1. The first-order chi connectivity index (χ1) is 14.9. The number of carbonyl (C=O) groups is 1. The van der Waals surface area contributed by atoms with E-state index in [-0.39, 0.29) is 24.5 Å². The van der Waals surface area contributed by atoms with Crippen LogP contribution in [0.3, 0.4) is 0 Å². The molecule has 0 radical (unpaired) electrons. The Morgan fingerprint density at radius 1 is 1.13 bits per heavy atom. The van der Waals surface area contributed by atoms with Gasteiger partial charge in [0.1, 0.15) is 12.4 Å². The van der Waals surface area contributed by atoms with Gasteiger partial charge in [-0.2, -0.15) is 0 Å². The van der Waals surface area contributed by atoms with Gasteiger partial charge >= 0.3 is 0 Å². The van der Waals surface area contributed by atoms with Crippen molar-refractivity contribution in [2.75, 3.05) is 40.5 Å². The van der Waals surface area contributed by atoms with E-state index in [1.54, 1.807) is 14.2 Å². The highest BCUT2D eigenvalue weighted by atomic mass is 35.5. The largest absolute Gasteiger partial charge is 0.496 e. The maximum Gasteiger partial charge on any atom is 0.248 e. The molecule has 0 N–H and O–H groups in total. The van der Waals surface area contributed by atoms with Crippen LogP contribution in [-0.2, 0) is 16.1 Å². The van der Waals surface area contributed by atoms with Gasteiger partial charge in [0.2, 0.25) is 5.91 Å². The van der Waals surface area contributed by atoms with Gasteiger partial charge in [-0.05, 0) is 49.1 Å². The van der Waals surface area contributed by atoms with Gasteiger partial charge in [-0.25, -0.2) is 0 Å². The third-order valence-corrected chi connectivity index (χ3v) is 6.27. The summed E-state index contributed by atoms with van der Waals surface area (Å²) in [5, 5.41) is 0.749. The minimum Gasteiger partial charge on any atom is -0.496 e. The third kappa shape index (κ3) is 6.00. The van der Waals surface area contributed by atoms with Crippen LogP contribution in [0, 0.1) is 5.92 Å². The number of halogens is 1. The zero-order chi connectivity index (χ0) is 22.4. The second-order valence-corrected chi connectivity index (χ2v) is 8.94. The first-order valence-corrected chi connectivity index (χ1v) is 11.2. The van der Waals surface area contributed by atoms with E-state index in [1.165, 1.54) is 11.1 Å². The maximum atomic E-state index is 12.7. The van der Waals surface area contributed by atoms with Gasteiger partial charge in [0.05, 0.1) is 7.11 Å². The molecule has 31 heavy (non-hydrogen) atoms. The molecule has 5 nitrogen and oxygen atoms in total. The normalized spacial score (nSPS) is 19.0. The van der Waals surface area contributed by atoms with E-state index in [0.29, 0.717) is 12.5 Å². The van der Waals surface area contributed by atoms with Crippen LogP contribution in [0.5, 0.6) is 5.75 Å².